The van der Waals surface area contributed by atoms with Crippen molar-refractivity contribution in [3.05, 3.63) is 54.0 Å². The molecule has 0 bridgehead atoms. The average molecular weight is 284 g/mol. The molecule has 102 valence electrons. The van der Waals surface area contributed by atoms with Gasteiger partial charge in [-0.1, -0.05) is 12.1 Å². The standard InChI is InChI=1S/C15H16N4S/c1-10-5-4-8-17-14(10)19-15(20)18-13-9-11(13)12-6-2-3-7-16-12/h2-8,11,13H,9H2,1H3,(H2,17,18,19,20). The molecule has 1 fully saturated rings. The van der Waals surface area contributed by atoms with Gasteiger partial charge in [-0.2, -0.15) is 0 Å². The molecule has 3 rings (SSSR count). The van der Waals surface area contributed by atoms with Crippen LogP contribution in [0.2, 0.25) is 0 Å². The fourth-order valence-corrected chi connectivity index (χ4v) is 2.45. The molecule has 0 radical (unpaired) electrons. The van der Waals surface area contributed by atoms with Gasteiger partial charge in [-0.3, -0.25) is 4.98 Å². The van der Waals surface area contributed by atoms with Gasteiger partial charge in [-0.15, -0.1) is 0 Å². The first-order valence-electron chi connectivity index (χ1n) is 6.64. The van der Waals surface area contributed by atoms with Crippen LogP contribution < -0.4 is 10.6 Å². The lowest BCUT2D eigenvalue weighted by molar-refractivity contribution is 0.858. The first-order valence-corrected chi connectivity index (χ1v) is 7.05. The third-order valence-corrected chi connectivity index (χ3v) is 3.64. The molecule has 5 heteroatoms. The van der Waals surface area contributed by atoms with Crippen LogP contribution in [0.25, 0.3) is 0 Å². The van der Waals surface area contributed by atoms with Crippen LogP contribution in [0.15, 0.2) is 42.7 Å². The van der Waals surface area contributed by atoms with E-state index in [1.54, 1.807) is 6.20 Å². The zero-order valence-electron chi connectivity index (χ0n) is 11.2. The predicted molar refractivity (Wildman–Crippen MR) is 83.7 cm³/mol. The van der Waals surface area contributed by atoms with Crippen molar-refractivity contribution in [2.45, 2.75) is 25.3 Å². The summed E-state index contributed by atoms with van der Waals surface area (Å²) in [5.41, 5.74) is 2.20. The molecule has 0 saturated heterocycles. The maximum atomic E-state index is 5.33. The summed E-state index contributed by atoms with van der Waals surface area (Å²) in [5, 5.41) is 7.08. The molecule has 2 aromatic rings. The molecule has 4 nitrogen and oxygen atoms in total. The smallest absolute Gasteiger partial charge is 0.172 e. The van der Waals surface area contributed by atoms with E-state index in [2.05, 4.69) is 26.7 Å². The number of nitrogens with zero attached hydrogens (tertiary/aromatic N) is 2. The van der Waals surface area contributed by atoms with Crippen molar-refractivity contribution >= 4 is 23.1 Å². The molecule has 1 saturated carbocycles. The van der Waals surface area contributed by atoms with E-state index in [4.69, 9.17) is 12.2 Å². The highest BCUT2D eigenvalue weighted by Gasteiger charge is 2.39. The average Bonchev–Trinajstić information content (AvgIpc) is 3.21. The molecular formula is C15H16N4S. The Hall–Kier alpha value is -2.01. The molecular weight excluding hydrogens is 268 g/mol. The fourth-order valence-electron chi connectivity index (χ4n) is 2.21. The number of pyridine rings is 2. The van der Waals surface area contributed by atoms with Crippen LogP contribution in [0.4, 0.5) is 5.82 Å². The Kier molecular flexibility index (Phi) is 3.60. The zero-order chi connectivity index (χ0) is 13.9. The monoisotopic (exact) mass is 284 g/mol. The number of anilines is 1. The number of hydrogen-bond donors (Lipinski definition) is 2. The molecule has 2 N–H and O–H groups in total. The predicted octanol–water partition coefficient (Wildman–Crippen LogP) is 2.63. The van der Waals surface area contributed by atoms with Crippen molar-refractivity contribution in [2.24, 2.45) is 0 Å². The third kappa shape index (κ3) is 2.93. The fraction of sp³-hybridized carbons (Fsp3) is 0.267. The first-order chi connectivity index (χ1) is 9.74. The van der Waals surface area contributed by atoms with E-state index in [1.807, 2.05) is 37.4 Å². The van der Waals surface area contributed by atoms with Crippen LogP contribution in [-0.4, -0.2) is 21.1 Å². The summed E-state index contributed by atoms with van der Waals surface area (Å²) < 4.78 is 0. The van der Waals surface area contributed by atoms with Crippen LogP contribution in [0, 0.1) is 6.92 Å². The topological polar surface area (TPSA) is 49.8 Å². The van der Waals surface area contributed by atoms with Crippen LogP contribution >= 0.6 is 12.2 Å². The molecule has 20 heavy (non-hydrogen) atoms. The SMILES string of the molecule is Cc1cccnc1NC(=S)NC1CC1c1ccccn1. The van der Waals surface area contributed by atoms with E-state index in [0.29, 0.717) is 17.1 Å². The normalized spacial score (nSPS) is 20.2. The molecule has 2 unspecified atom stereocenters. The highest BCUT2D eigenvalue weighted by Crippen LogP contribution is 2.39. The molecule has 0 aromatic carbocycles. The van der Waals surface area contributed by atoms with Crippen molar-refractivity contribution in [3.63, 3.8) is 0 Å². The molecule has 2 aromatic heterocycles. The van der Waals surface area contributed by atoms with Gasteiger partial charge in [0.2, 0.25) is 0 Å². The summed E-state index contributed by atoms with van der Waals surface area (Å²) >= 11 is 5.33. The van der Waals surface area contributed by atoms with E-state index in [-0.39, 0.29) is 0 Å². The van der Waals surface area contributed by atoms with E-state index < -0.39 is 0 Å². The van der Waals surface area contributed by atoms with Crippen LogP contribution in [0.5, 0.6) is 0 Å². The second-order valence-corrected chi connectivity index (χ2v) is 5.38. The van der Waals surface area contributed by atoms with Gasteiger partial charge in [-0.05, 0) is 49.3 Å². The second kappa shape index (κ2) is 5.54. The van der Waals surface area contributed by atoms with Crippen LogP contribution in [-0.2, 0) is 0 Å². The number of hydrogen-bond acceptors (Lipinski definition) is 3. The third-order valence-electron chi connectivity index (χ3n) is 3.42. The Bertz CT molecular complexity index is 614. The van der Waals surface area contributed by atoms with E-state index in [9.17, 15) is 0 Å². The maximum Gasteiger partial charge on any atom is 0.172 e. The highest BCUT2D eigenvalue weighted by atomic mass is 32.1. The zero-order valence-corrected chi connectivity index (χ0v) is 12.0. The lowest BCUT2D eigenvalue weighted by atomic mass is 10.2. The maximum absolute atomic E-state index is 5.33. The Morgan fingerprint density at radius 2 is 2.05 bits per heavy atom. The summed E-state index contributed by atoms with van der Waals surface area (Å²) in [4.78, 5) is 8.65. The van der Waals surface area contributed by atoms with Gasteiger partial charge in [0.05, 0.1) is 0 Å². The number of aryl methyl sites for hydroxylation is 1. The lowest BCUT2D eigenvalue weighted by Crippen LogP contribution is -2.31. The molecule has 1 aliphatic rings. The summed E-state index contributed by atoms with van der Waals surface area (Å²) in [6.07, 6.45) is 4.66. The van der Waals surface area contributed by atoms with Gasteiger partial charge in [0.25, 0.3) is 0 Å². The van der Waals surface area contributed by atoms with Crippen LogP contribution in [0.3, 0.4) is 0 Å². The molecule has 0 amide bonds. The lowest BCUT2D eigenvalue weighted by Gasteiger charge is -2.11. The Balaban J connectivity index is 1.55. The second-order valence-electron chi connectivity index (χ2n) is 4.97. The largest absolute Gasteiger partial charge is 0.359 e. The molecule has 0 spiro atoms. The Labute approximate surface area is 123 Å². The number of aromatic nitrogens is 2. The summed E-state index contributed by atoms with van der Waals surface area (Å²) in [6, 6.07) is 10.3. The molecule has 2 atom stereocenters. The summed E-state index contributed by atoms with van der Waals surface area (Å²) in [6.45, 7) is 2.01. The number of rotatable bonds is 3. The van der Waals surface area contributed by atoms with Crippen LogP contribution in [0.1, 0.15) is 23.6 Å². The van der Waals surface area contributed by atoms with Crippen molar-refractivity contribution in [1.82, 2.24) is 15.3 Å². The summed E-state index contributed by atoms with van der Waals surface area (Å²) in [5.74, 6) is 1.26. The first kappa shape index (κ1) is 13.0. The van der Waals surface area contributed by atoms with Gasteiger partial charge in [0, 0.05) is 30.0 Å². The molecule has 0 aliphatic heterocycles. The number of thiocarbonyl (C=S) groups is 1. The van der Waals surface area contributed by atoms with E-state index in [0.717, 1.165) is 23.5 Å². The van der Waals surface area contributed by atoms with E-state index in [1.165, 1.54) is 0 Å². The molecule has 1 aliphatic carbocycles. The minimum atomic E-state index is 0.369. The van der Waals surface area contributed by atoms with Gasteiger partial charge >= 0.3 is 0 Å². The minimum Gasteiger partial charge on any atom is -0.359 e. The quantitative estimate of drug-likeness (QED) is 0.849. The molecule has 2 heterocycles. The summed E-state index contributed by atoms with van der Waals surface area (Å²) in [7, 11) is 0. The Morgan fingerprint density at radius 1 is 1.20 bits per heavy atom. The van der Waals surface area contributed by atoms with Crippen molar-refractivity contribution in [3.8, 4) is 0 Å². The van der Waals surface area contributed by atoms with Gasteiger partial charge in [0.15, 0.2) is 5.11 Å². The van der Waals surface area contributed by atoms with E-state index >= 15 is 0 Å². The van der Waals surface area contributed by atoms with Crippen molar-refractivity contribution in [1.29, 1.82) is 0 Å². The Morgan fingerprint density at radius 3 is 2.80 bits per heavy atom. The van der Waals surface area contributed by atoms with Gasteiger partial charge < -0.3 is 10.6 Å². The number of nitrogens with one attached hydrogen (secondary N) is 2. The minimum absolute atomic E-state index is 0.369. The van der Waals surface area contributed by atoms with Gasteiger partial charge in [0.1, 0.15) is 5.82 Å². The van der Waals surface area contributed by atoms with Crippen molar-refractivity contribution < 1.29 is 0 Å². The van der Waals surface area contributed by atoms with Gasteiger partial charge in [-0.25, -0.2) is 4.98 Å². The highest BCUT2D eigenvalue weighted by molar-refractivity contribution is 7.80. The van der Waals surface area contributed by atoms with Crippen molar-refractivity contribution in [2.75, 3.05) is 5.32 Å².